The number of hydrogen-bond donors (Lipinski definition) is 2. The van der Waals surface area contributed by atoms with Gasteiger partial charge >= 0.3 is 6.09 Å². The molecule has 3 aromatic carbocycles. The highest BCUT2D eigenvalue weighted by Crippen LogP contribution is 2.43. The second-order valence-electron chi connectivity index (χ2n) is 7.43. The standard InChI is InChI=1S/C25H17FN4O3.ClH/c1-3-14-7-6-10-20(21(14)26)30-22(16-8-4-5-9-17(16)23(30)31)15-11-12-18-19(13-15)28-24(27-18)29-25(32)33-2;/h1,4-13,22H,2H3,(H2,27,28,29,32);1H. The molecule has 1 aromatic heterocycles. The summed E-state index contributed by atoms with van der Waals surface area (Å²) in [4.78, 5) is 33.6. The van der Waals surface area contributed by atoms with Crippen LogP contribution >= 0.6 is 12.4 Å². The second-order valence-corrected chi connectivity index (χ2v) is 7.43. The summed E-state index contributed by atoms with van der Waals surface area (Å²) in [6.07, 6.45) is 4.80. The molecule has 2 heterocycles. The smallest absolute Gasteiger partial charge is 0.413 e. The summed E-state index contributed by atoms with van der Waals surface area (Å²) in [5, 5.41) is 2.49. The van der Waals surface area contributed by atoms with Gasteiger partial charge in [0.1, 0.15) is 0 Å². The van der Waals surface area contributed by atoms with Crippen LogP contribution in [0.3, 0.4) is 0 Å². The van der Waals surface area contributed by atoms with Gasteiger partial charge in [-0.15, -0.1) is 18.8 Å². The van der Waals surface area contributed by atoms with Crippen molar-refractivity contribution in [3.63, 3.8) is 0 Å². The number of hydrogen-bond acceptors (Lipinski definition) is 4. The number of anilines is 2. The highest BCUT2D eigenvalue weighted by molar-refractivity contribution is 6.12. The number of carbonyl (C=O) groups is 2. The van der Waals surface area contributed by atoms with Gasteiger partial charge in [0.25, 0.3) is 5.91 Å². The van der Waals surface area contributed by atoms with Crippen LogP contribution < -0.4 is 10.2 Å². The Balaban J connectivity index is 0.00000274. The zero-order valence-corrected chi connectivity index (χ0v) is 18.7. The normalized spacial score (nSPS) is 14.3. The first-order valence-corrected chi connectivity index (χ1v) is 10.0. The molecule has 0 aliphatic carbocycles. The fourth-order valence-electron chi connectivity index (χ4n) is 4.11. The average Bonchev–Trinajstić information content (AvgIpc) is 3.36. The largest absolute Gasteiger partial charge is 0.453 e. The number of benzene rings is 3. The molecule has 0 spiro atoms. The van der Waals surface area contributed by atoms with Gasteiger partial charge in [0.2, 0.25) is 5.95 Å². The van der Waals surface area contributed by atoms with E-state index in [2.05, 4.69) is 25.9 Å². The topological polar surface area (TPSA) is 87.3 Å². The number of rotatable bonds is 3. The molecular weight excluding hydrogens is 459 g/mol. The molecule has 0 saturated carbocycles. The molecule has 0 radical (unpaired) electrons. The Morgan fingerprint density at radius 1 is 1.21 bits per heavy atom. The first-order chi connectivity index (χ1) is 16.0. The molecule has 1 atom stereocenters. The van der Waals surface area contributed by atoms with E-state index in [1.807, 2.05) is 24.3 Å². The number of imidazole rings is 1. The second kappa shape index (κ2) is 8.89. The van der Waals surface area contributed by atoms with Crippen LogP contribution in [-0.4, -0.2) is 29.1 Å². The summed E-state index contributed by atoms with van der Waals surface area (Å²) in [7, 11) is 1.26. The van der Waals surface area contributed by atoms with Crippen molar-refractivity contribution in [2.45, 2.75) is 6.04 Å². The fraction of sp³-hybridized carbons (Fsp3) is 0.0800. The van der Waals surface area contributed by atoms with Crippen LogP contribution in [0.2, 0.25) is 0 Å². The summed E-state index contributed by atoms with van der Waals surface area (Å²) < 4.78 is 19.8. The van der Waals surface area contributed by atoms with Gasteiger partial charge in [0.05, 0.1) is 35.4 Å². The van der Waals surface area contributed by atoms with Gasteiger partial charge < -0.3 is 9.72 Å². The van der Waals surface area contributed by atoms with Crippen LogP contribution in [0.25, 0.3) is 11.0 Å². The maximum Gasteiger partial charge on any atom is 0.413 e. The highest BCUT2D eigenvalue weighted by atomic mass is 35.5. The SMILES string of the molecule is C#Cc1cccc(N2C(=O)c3ccccc3C2c2ccc3nc(NC(=O)OC)[nH]c3c2)c1F.Cl. The lowest BCUT2D eigenvalue weighted by Gasteiger charge is -2.26. The molecule has 1 unspecified atom stereocenters. The van der Waals surface area contributed by atoms with E-state index in [1.165, 1.54) is 18.1 Å². The molecule has 1 aliphatic rings. The molecular formula is C25H18ClFN4O3. The van der Waals surface area contributed by atoms with Crippen molar-refractivity contribution >= 4 is 47.1 Å². The van der Waals surface area contributed by atoms with E-state index < -0.39 is 18.0 Å². The Kier molecular flexibility index (Phi) is 5.97. The quantitative estimate of drug-likeness (QED) is 0.406. The van der Waals surface area contributed by atoms with Crippen LogP contribution in [0.1, 0.15) is 33.1 Å². The van der Waals surface area contributed by atoms with Gasteiger partial charge in [-0.2, -0.15) is 0 Å². The molecule has 2 amide bonds. The molecule has 2 N–H and O–H groups in total. The first kappa shape index (κ1) is 22.8. The molecule has 170 valence electrons. The number of terminal acetylenes is 1. The summed E-state index contributed by atoms with van der Waals surface area (Å²) >= 11 is 0. The molecule has 5 rings (SSSR count). The zero-order chi connectivity index (χ0) is 23.1. The van der Waals surface area contributed by atoms with Crippen molar-refractivity contribution in [1.82, 2.24) is 9.97 Å². The highest BCUT2D eigenvalue weighted by Gasteiger charge is 2.40. The van der Waals surface area contributed by atoms with Crippen molar-refractivity contribution < 1.29 is 18.7 Å². The molecule has 0 saturated heterocycles. The Hall–Kier alpha value is -4.35. The molecule has 1 aliphatic heterocycles. The molecule has 7 nitrogen and oxygen atoms in total. The molecule has 0 fully saturated rings. The Labute approximate surface area is 200 Å². The third kappa shape index (κ3) is 3.62. The van der Waals surface area contributed by atoms with Gasteiger partial charge in [-0.1, -0.05) is 36.3 Å². The van der Waals surface area contributed by atoms with E-state index >= 15 is 4.39 Å². The van der Waals surface area contributed by atoms with E-state index in [-0.39, 0.29) is 35.5 Å². The molecule has 34 heavy (non-hydrogen) atoms. The van der Waals surface area contributed by atoms with Gasteiger partial charge in [-0.05, 0) is 41.5 Å². The number of nitrogens with one attached hydrogen (secondary N) is 2. The van der Waals surface area contributed by atoms with Crippen LogP contribution in [0.15, 0.2) is 60.7 Å². The van der Waals surface area contributed by atoms with E-state index in [1.54, 1.807) is 30.3 Å². The number of halogens is 2. The maximum absolute atomic E-state index is 15.2. The van der Waals surface area contributed by atoms with E-state index in [0.717, 1.165) is 11.1 Å². The van der Waals surface area contributed by atoms with Gasteiger partial charge in [-0.3, -0.25) is 15.0 Å². The Morgan fingerprint density at radius 3 is 2.76 bits per heavy atom. The predicted molar refractivity (Wildman–Crippen MR) is 129 cm³/mol. The number of carbonyl (C=O) groups excluding carboxylic acids is 2. The monoisotopic (exact) mass is 476 g/mol. The van der Waals surface area contributed by atoms with Gasteiger partial charge in [0, 0.05) is 5.56 Å². The molecule has 0 bridgehead atoms. The summed E-state index contributed by atoms with van der Waals surface area (Å²) in [5.41, 5.74) is 3.40. The number of fused-ring (bicyclic) bond motifs is 2. The first-order valence-electron chi connectivity index (χ1n) is 10.0. The maximum atomic E-state index is 15.2. The Morgan fingerprint density at radius 2 is 2.00 bits per heavy atom. The minimum atomic E-state index is -0.653. The lowest BCUT2D eigenvalue weighted by atomic mass is 9.97. The van der Waals surface area contributed by atoms with E-state index in [9.17, 15) is 9.59 Å². The van der Waals surface area contributed by atoms with Crippen LogP contribution in [0.5, 0.6) is 0 Å². The Bertz CT molecular complexity index is 1480. The minimum Gasteiger partial charge on any atom is -0.453 e. The summed E-state index contributed by atoms with van der Waals surface area (Å²) in [6, 6.07) is 16.7. The van der Waals surface area contributed by atoms with Crippen LogP contribution in [0.4, 0.5) is 20.8 Å². The number of ether oxygens (including phenoxy) is 1. The predicted octanol–water partition coefficient (Wildman–Crippen LogP) is 5.03. The number of amides is 2. The minimum absolute atomic E-state index is 0. The summed E-state index contributed by atoms with van der Waals surface area (Å²) in [5.74, 6) is 1.61. The zero-order valence-electron chi connectivity index (χ0n) is 17.8. The van der Waals surface area contributed by atoms with E-state index in [0.29, 0.717) is 16.6 Å². The van der Waals surface area contributed by atoms with E-state index in [4.69, 9.17) is 6.42 Å². The van der Waals surface area contributed by atoms with Crippen molar-refractivity contribution in [3.8, 4) is 12.3 Å². The number of methoxy groups -OCH3 is 1. The van der Waals surface area contributed by atoms with Crippen molar-refractivity contribution in [2.24, 2.45) is 0 Å². The van der Waals surface area contributed by atoms with Gasteiger partial charge in [-0.25, -0.2) is 14.2 Å². The lowest BCUT2D eigenvalue weighted by molar-refractivity contribution is 0.0992. The number of H-pyrrole nitrogens is 1. The third-order valence-corrected chi connectivity index (χ3v) is 5.58. The molecule has 4 aromatic rings. The number of nitrogens with zero attached hydrogens (tertiary/aromatic N) is 2. The van der Waals surface area contributed by atoms with Crippen molar-refractivity contribution in [2.75, 3.05) is 17.3 Å². The fourth-order valence-corrected chi connectivity index (χ4v) is 4.11. The van der Waals surface area contributed by atoms with Crippen LogP contribution in [0, 0.1) is 18.2 Å². The number of aromatic amines is 1. The summed E-state index contributed by atoms with van der Waals surface area (Å²) in [6.45, 7) is 0. The molecule has 9 heteroatoms. The van der Waals surface area contributed by atoms with Crippen LogP contribution in [-0.2, 0) is 4.74 Å². The van der Waals surface area contributed by atoms with Gasteiger partial charge in [0.15, 0.2) is 5.82 Å². The lowest BCUT2D eigenvalue weighted by Crippen LogP contribution is -2.29. The van der Waals surface area contributed by atoms with Crippen molar-refractivity contribution in [3.05, 3.63) is 88.7 Å². The van der Waals surface area contributed by atoms with Crippen molar-refractivity contribution in [1.29, 1.82) is 0 Å². The average molecular weight is 477 g/mol. The third-order valence-electron chi connectivity index (χ3n) is 5.58. The number of aromatic nitrogens is 2.